The molecule has 0 atom stereocenters. The van der Waals surface area contributed by atoms with Gasteiger partial charge in [0.05, 0.1) is 0 Å². The summed E-state index contributed by atoms with van der Waals surface area (Å²) in [7, 11) is 0. The van der Waals surface area contributed by atoms with Gasteiger partial charge in [-0.05, 0) is 47.7 Å². The van der Waals surface area contributed by atoms with Crippen molar-refractivity contribution in [3.8, 4) is 11.8 Å². The Labute approximate surface area is 79.0 Å². The van der Waals surface area contributed by atoms with Crippen molar-refractivity contribution < 1.29 is 4.39 Å². The van der Waals surface area contributed by atoms with Crippen molar-refractivity contribution in [2.75, 3.05) is 0 Å². The first-order valence-electron chi connectivity index (χ1n) is 3.12. The zero-order valence-electron chi connectivity index (χ0n) is 5.99. The normalized spacial score (nSPS) is 8.64. The molecule has 56 valence electrons. The quantitative estimate of drug-likeness (QED) is 0.497. The van der Waals surface area contributed by atoms with Gasteiger partial charge in [-0.25, -0.2) is 4.39 Å². The van der Waals surface area contributed by atoms with Crippen LogP contribution in [-0.4, -0.2) is 0 Å². The smallest absolute Gasteiger partial charge is 0.137 e. The SMILES string of the molecule is CC#Cc1ccc(I)c(F)c1. The highest BCUT2D eigenvalue weighted by Gasteiger charge is 1.96. The minimum absolute atomic E-state index is 0.203. The van der Waals surface area contributed by atoms with Crippen LogP contribution in [0.2, 0.25) is 0 Å². The summed E-state index contributed by atoms with van der Waals surface area (Å²) >= 11 is 1.95. The zero-order chi connectivity index (χ0) is 8.27. The zero-order valence-corrected chi connectivity index (χ0v) is 8.15. The van der Waals surface area contributed by atoms with Crippen molar-refractivity contribution in [2.24, 2.45) is 0 Å². The fraction of sp³-hybridized carbons (Fsp3) is 0.111. The van der Waals surface area contributed by atoms with Crippen LogP contribution >= 0.6 is 22.6 Å². The molecule has 0 N–H and O–H groups in total. The van der Waals surface area contributed by atoms with Crippen LogP contribution in [0.25, 0.3) is 0 Å². The van der Waals surface area contributed by atoms with Gasteiger partial charge in [-0.2, -0.15) is 0 Å². The Morgan fingerprint density at radius 3 is 2.73 bits per heavy atom. The Hall–Kier alpha value is -0.560. The van der Waals surface area contributed by atoms with E-state index >= 15 is 0 Å². The van der Waals surface area contributed by atoms with E-state index in [9.17, 15) is 4.39 Å². The maximum absolute atomic E-state index is 12.8. The molecule has 0 heterocycles. The molecule has 0 aromatic heterocycles. The Bertz CT molecular complexity index is 320. The predicted octanol–water partition coefficient (Wildman–Crippen LogP) is 2.80. The summed E-state index contributed by atoms with van der Waals surface area (Å²) in [5.41, 5.74) is 0.727. The van der Waals surface area contributed by atoms with Crippen molar-refractivity contribution >= 4 is 22.6 Å². The maximum Gasteiger partial charge on any atom is 0.137 e. The van der Waals surface area contributed by atoms with E-state index < -0.39 is 0 Å². The summed E-state index contributed by atoms with van der Waals surface area (Å²) in [4.78, 5) is 0. The van der Waals surface area contributed by atoms with E-state index in [0.717, 1.165) is 5.56 Å². The molecular formula is C9H6FI. The minimum atomic E-state index is -0.203. The monoisotopic (exact) mass is 260 g/mol. The Balaban J connectivity index is 3.12. The van der Waals surface area contributed by atoms with E-state index in [2.05, 4.69) is 11.8 Å². The second kappa shape index (κ2) is 3.72. The fourth-order valence-corrected chi connectivity index (χ4v) is 1.05. The van der Waals surface area contributed by atoms with E-state index in [1.807, 2.05) is 22.6 Å². The highest BCUT2D eigenvalue weighted by atomic mass is 127. The van der Waals surface area contributed by atoms with Gasteiger partial charge in [-0.1, -0.05) is 5.92 Å². The number of benzene rings is 1. The summed E-state index contributed by atoms with van der Waals surface area (Å²) in [6, 6.07) is 4.97. The summed E-state index contributed by atoms with van der Waals surface area (Å²) in [5.74, 6) is 5.29. The number of hydrogen-bond donors (Lipinski definition) is 0. The van der Waals surface area contributed by atoms with Crippen molar-refractivity contribution in [3.05, 3.63) is 33.1 Å². The molecule has 0 aliphatic heterocycles. The van der Waals surface area contributed by atoms with E-state index in [4.69, 9.17) is 0 Å². The second-order valence-corrected chi connectivity index (χ2v) is 3.17. The highest BCUT2D eigenvalue weighted by Crippen LogP contribution is 2.11. The van der Waals surface area contributed by atoms with Crippen LogP contribution in [-0.2, 0) is 0 Å². The third kappa shape index (κ3) is 2.19. The summed E-state index contributed by atoms with van der Waals surface area (Å²) in [6.45, 7) is 1.73. The van der Waals surface area contributed by atoms with Crippen LogP contribution in [0.3, 0.4) is 0 Å². The molecule has 2 heteroatoms. The van der Waals surface area contributed by atoms with Gasteiger partial charge in [0.25, 0.3) is 0 Å². The van der Waals surface area contributed by atoms with Crippen molar-refractivity contribution in [2.45, 2.75) is 6.92 Å². The van der Waals surface area contributed by atoms with E-state index in [1.165, 1.54) is 6.07 Å². The highest BCUT2D eigenvalue weighted by molar-refractivity contribution is 14.1. The van der Waals surface area contributed by atoms with Crippen molar-refractivity contribution in [1.29, 1.82) is 0 Å². The lowest BCUT2D eigenvalue weighted by Crippen LogP contribution is -1.82. The van der Waals surface area contributed by atoms with Gasteiger partial charge in [0.2, 0.25) is 0 Å². The van der Waals surface area contributed by atoms with Gasteiger partial charge in [-0.15, -0.1) is 5.92 Å². The third-order valence-corrected chi connectivity index (χ3v) is 2.06. The molecule has 0 unspecified atom stereocenters. The molecule has 0 aliphatic rings. The predicted molar refractivity (Wildman–Crippen MR) is 51.7 cm³/mol. The second-order valence-electron chi connectivity index (χ2n) is 2.00. The first-order chi connectivity index (χ1) is 5.24. The average Bonchev–Trinajstić information content (AvgIpc) is 1.98. The Morgan fingerprint density at radius 1 is 1.45 bits per heavy atom. The summed E-state index contributed by atoms with van der Waals surface area (Å²) in [5, 5.41) is 0. The van der Waals surface area contributed by atoms with Gasteiger partial charge < -0.3 is 0 Å². The minimum Gasteiger partial charge on any atom is -0.206 e. The molecule has 0 spiro atoms. The maximum atomic E-state index is 12.8. The van der Waals surface area contributed by atoms with E-state index in [0.29, 0.717) is 3.57 Å². The molecule has 0 fully saturated rings. The van der Waals surface area contributed by atoms with E-state index in [1.54, 1.807) is 19.1 Å². The van der Waals surface area contributed by atoms with Crippen molar-refractivity contribution in [3.63, 3.8) is 0 Å². The van der Waals surface area contributed by atoms with Gasteiger partial charge in [0.1, 0.15) is 5.82 Å². The van der Waals surface area contributed by atoms with Crippen LogP contribution in [0.1, 0.15) is 12.5 Å². The van der Waals surface area contributed by atoms with Crippen LogP contribution in [0.4, 0.5) is 4.39 Å². The lowest BCUT2D eigenvalue weighted by Gasteiger charge is -1.93. The van der Waals surface area contributed by atoms with Gasteiger partial charge >= 0.3 is 0 Å². The molecule has 0 saturated carbocycles. The molecular weight excluding hydrogens is 254 g/mol. The van der Waals surface area contributed by atoms with Gasteiger partial charge in [0, 0.05) is 9.13 Å². The first kappa shape index (κ1) is 8.54. The Kier molecular flexibility index (Phi) is 2.89. The third-order valence-electron chi connectivity index (χ3n) is 1.19. The van der Waals surface area contributed by atoms with Crippen LogP contribution < -0.4 is 0 Å². The van der Waals surface area contributed by atoms with Crippen LogP contribution in [0.15, 0.2) is 18.2 Å². The first-order valence-corrected chi connectivity index (χ1v) is 4.19. The molecule has 0 nitrogen and oxygen atoms in total. The van der Waals surface area contributed by atoms with E-state index in [-0.39, 0.29) is 5.82 Å². The molecule has 0 bridgehead atoms. The lowest BCUT2D eigenvalue weighted by atomic mass is 10.2. The molecule has 0 radical (unpaired) electrons. The number of halogens is 2. The topological polar surface area (TPSA) is 0 Å². The molecule has 0 amide bonds. The molecule has 1 rings (SSSR count). The lowest BCUT2D eigenvalue weighted by molar-refractivity contribution is 0.620. The van der Waals surface area contributed by atoms with Gasteiger partial charge in [-0.3, -0.25) is 0 Å². The largest absolute Gasteiger partial charge is 0.206 e. The van der Waals surface area contributed by atoms with Crippen LogP contribution in [0, 0.1) is 21.2 Å². The molecule has 0 aliphatic carbocycles. The Morgan fingerprint density at radius 2 is 2.18 bits per heavy atom. The number of rotatable bonds is 0. The molecule has 1 aromatic rings. The number of hydrogen-bond acceptors (Lipinski definition) is 0. The molecule has 11 heavy (non-hydrogen) atoms. The van der Waals surface area contributed by atoms with Crippen molar-refractivity contribution in [1.82, 2.24) is 0 Å². The van der Waals surface area contributed by atoms with Gasteiger partial charge in [0.15, 0.2) is 0 Å². The summed E-state index contributed by atoms with van der Waals surface area (Å²) in [6.07, 6.45) is 0. The van der Waals surface area contributed by atoms with Crippen LogP contribution in [0.5, 0.6) is 0 Å². The average molecular weight is 260 g/mol. The fourth-order valence-electron chi connectivity index (χ4n) is 0.718. The summed E-state index contributed by atoms with van der Waals surface area (Å²) < 4.78 is 13.5. The molecule has 1 aromatic carbocycles. The standard InChI is InChI=1S/C9H6FI/c1-2-3-7-4-5-9(11)8(10)6-7/h4-6H,1H3. The molecule has 0 saturated heterocycles.